The summed E-state index contributed by atoms with van der Waals surface area (Å²) in [7, 11) is 1.65. The molecule has 0 saturated carbocycles. The largest absolute Gasteiger partial charge is 0.388 e. The van der Waals surface area contributed by atoms with Crippen LogP contribution in [-0.4, -0.2) is 33.7 Å². The first-order valence-electron chi connectivity index (χ1n) is 8.51. The lowest BCUT2D eigenvalue weighted by Crippen LogP contribution is -2.42. The van der Waals surface area contributed by atoms with E-state index in [9.17, 15) is 14.7 Å². The molecule has 1 unspecified atom stereocenters. The molecule has 1 aliphatic rings. The fourth-order valence-corrected chi connectivity index (χ4v) is 3.23. The number of nitrogens with zero attached hydrogens (tertiary/aromatic N) is 2. The van der Waals surface area contributed by atoms with Crippen LogP contribution in [0.15, 0.2) is 53.5 Å². The number of carbonyl (C=O) groups is 1. The Morgan fingerprint density at radius 3 is 2.52 bits per heavy atom. The number of benzene rings is 1. The van der Waals surface area contributed by atoms with Crippen LogP contribution in [0.2, 0.25) is 0 Å². The third kappa shape index (κ3) is 3.91. The van der Waals surface area contributed by atoms with E-state index in [2.05, 4.69) is 5.32 Å². The highest BCUT2D eigenvalue weighted by Crippen LogP contribution is 2.30. The molecule has 1 aromatic carbocycles. The average molecular weight is 341 g/mol. The van der Waals surface area contributed by atoms with E-state index in [0.717, 1.165) is 18.4 Å². The molecule has 6 nitrogen and oxygen atoms in total. The fraction of sp³-hybridized carbons (Fsp3) is 0.368. The lowest BCUT2D eigenvalue weighted by atomic mass is 9.87. The van der Waals surface area contributed by atoms with Crippen molar-refractivity contribution >= 4 is 11.7 Å². The molecule has 1 atom stereocenters. The van der Waals surface area contributed by atoms with Crippen LogP contribution >= 0.6 is 0 Å². The summed E-state index contributed by atoms with van der Waals surface area (Å²) in [5, 5.41) is 13.2. The monoisotopic (exact) mass is 341 g/mol. The lowest BCUT2D eigenvalue weighted by molar-refractivity contribution is 0.0683. The summed E-state index contributed by atoms with van der Waals surface area (Å²) in [5.41, 5.74) is 0.963. The molecule has 2 N–H and O–H groups in total. The quantitative estimate of drug-likeness (QED) is 0.900. The summed E-state index contributed by atoms with van der Waals surface area (Å²) < 4.78 is 1.43. The molecule has 1 aromatic heterocycles. The van der Waals surface area contributed by atoms with E-state index in [1.807, 2.05) is 30.3 Å². The summed E-state index contributed by atoms with van der Waals surface area (Å²) in [6.07, 6.45) is 2.61. The number of aryl methyl sites for hydroxylation is 1. The van der Waals surface area contributed by atoms with Crippen LogP contribution in [0.3, 0.4) is 0 Å². The SMILES string of the molecule is Cn1cccc(NC(=O)N2CCC(C(O)c3ccccc3)CC2)c1=O. The molecule has 0 aliphatic carbocycles. The molecule has 1 aliphatic heterocycles. The van der Waals surface area contributed by atoms with Crippen molar-refractivity contribution < 1.29 is 9.90 Å². The fourth-order valence-electron chi connectivity index (χ4n) is 3.23. The van der Waals surface area contributed by atoms with Gasteiger partial charge in [0.05, 0.1) is 6.10 Å². The minimum absolute atomic E-state index is 0.135. The average Bonchev–Trinajstić information content (AvgIpc) is 2.65. The van der Waals surface area contributed by atoms with Crippen LogP contribution in [0.5, 0.6) is 0 Å². The second kappa shape index (κ2) is 7.53. The van der Waals surface area contributed by atoms with Gasteiger partial charge in [-0.3, -0.25) is 4.79 Å². The maximum Gasteiger partial charge on any atom is 0.321 e. The molecule has 25 heavy (non-hydrogen) atoms. The van der Waals surface area contributed by atoms with Crippen LogP contribution in [-0.2, 0) is 7.05 Å². The number of amides is 2. The Kier molecular flexibility index (Phi) is 5.19. The summed E-state index contributed by atoms with van der Waals surface area (Å²) in [6.45, 7) is 1.13. The number of aliphatic hydroxyl groups is 1. The first-order chi connectivity index (χ1) is 12.1. The summed E-state index contributed by atoms with van der Waals surface area (Å²) in [5.74, 6) is 0.135. The van der Waals surface area contributed by atoms with E-state index in [1.165, 1.54) is 4.57 Å². The Bertz CT molecular complexity index is 780. The third-order valence-corrected chi connectivity index (χ3v) is 4.78. The maximum atomic E-state index is 12.4. The number of rotatable bonds is 3. The van der Waals surface area contributed by atoms with Gasteiger partial charge in [-0.15, -0.1) is 0 Å². The molecule has 2 amide bonds. The number of nitrogens with one attached hydrogen (secondary N) is 1. The van der Waals surface area contributed by atoms with Gasteiger partial charge in [0.1, 0.15) is 5.69 Å². The van der Waals surface area contributed by atoms with Gasteiger partial charge in [-0.05, 0) is 36.5 Å². The zero-order valence-electron chi connectivity index (χ0n) is 14.3. The van der Waals surface area contributed by atoms with Gasteiger partial charge in [0, 0.05) is 26.3 Å². The van der Waals surface area contributed by atoms with Crippen molar-refractivity contribution in [1.29, 1.82) is 0 Å². The van der Waals surface area contributed by atoms with Crippen LogP contribution in [0.1, 0.15) is 24.5 Å². The Hall–Kier alpha value is -2.60. The molecule has 0 bridgehead atoms. The van der Waals surface area contributed by atoms with Gasteiger partial charge < -0.3 is 19.9 Å². The van der Waals surface area contributed by atoms with Gasteiger partial charge in [-0.1, -0.05) is 30.3 Å². The van der Waals surface area contributed by atoms with E-state index >= 15 is 0 Å². The second-order valence-corrected chi connectivity index (χ2v) is 6.45. The van der Waals surface area contributed by atoms with Gasteiger partial charge in [0.25, 0.3) is 5.56 Å². The van der Waals surface area contributed by atoms with E-state index in [-0.39, 0.29) is 23.2 Å². The highest BCUT2D eigenvalue weighted by Gasteiger charge is 2.28. The van der Waals surface area contributed by atoms with Gasteiger partial charge >= 0.3 is 6.03 Å². The normalized spacial score (nSPS) is 16.5. The van der Waals surface area contributed by atoms with Crippen LogP contribution in [0.25, 0.3) is 0 Å². The molecule has 1 saturated heterocycles. The summed E-state index contributed by atoms with van der Waals surface area (Å²) in [6, 6.07) is 12.7. The van der Waals surface area contributed by atoms with Gasteiger partial charge in [0.2, 0.25) is 0 Å². The summed E-state index contributed by atoms with van der Waals surface area (Å²) >= 11 is 0. The second-order valence-electron chi connectivity index (χ2n) is 6.45. The van der Waals surface area contributed by atoms with Crippen molar-refractivity contribution in [2.45, 2.75) is 18.9 Å². The van der Waals surface area contributed by atoms with Crippen molar-refractivity contribution in [3.05, 3.63) is 64.6 Å². The predicted molar refractivity (Wildman–Crippen MR) is 96.4 cm³/mol. The van der Waals surface area contributed by atoms with Crippen LogP contribution in [0.4, 0.5) is 10.5 Å². The number of aliphatic hydroxyl groups excluding tert-OH is 1. The first kappa shape index (κ1) is 17.2. The summed E-state index contributed by atoms with van der Waals surface area (Å²) in [4.78, 5) is 26.1. The van der Waals surface area contributed by atoms with Crippen molar-refractivity contribution in [2.75, 3.05) is 18.4 Å². The van der Waals surface area contributed by atoms with Crippen LogP contribution in [0, 0.1) is 5.92 Å². The maximum absolute atomic E-state index is 12.4. The standard InChI is InChI=1S/C19H23N3O3/c1-21-11-5-8-16(18(21)24)20-19(25)22-12-9-15(10-13-22)17(23)14-6-3-2-4-7-14/h2-8,11,15,17,23H,9-10,12-13H2,1H3,(H,20,25). The number of hydrogen-bond donors (Lipinski definition) is 2. The predicted octanol–water partition coefficient (Wildman–Crippen LogP) is 2.36. The van der Waals surface area contributed by atoms with Crippen molar-refractivity contribution in [3.8, 4) is 0 Å². The Morgan fingerprint density at radius 1 is 1.16 bits per heavy atom. The minimum Gasteiger partial charge on any atom is -0.388 e. The number of hydrogen-bond acceptors (Lipinski definition) is 3. The number of anilines is 1. The van der Waals surface area contributed by atoms with Gasteiger partial charge in [0.15, 0.2) is 0 Å². The molecule has 132 valence electrons. The van der Waals surface area contributed by atoms with Gasteiger partial charge in [-0.2, -0.15) is 0 Å². The van der Waals surface area contributed by atoms with Crippen molar-refractivity contribution in [3.63, 3.8) is 0 Å². The van der Waals surface area contributed by atoms with E-state index in [4.69, 9.17) is 0 Å². The molecule has 2 heterocycles. The van der Waals surface area contributed by atoms with Crippen LogP contribution < -0.4 is 10.9 Å². The molecular weight excluding hydrogens is 318 g/mol. The number of carbonyl (C=O) groups excluding carboxylic acids is 1. The molecule has 2 aromatic rings. The molecule has 1 fully saturated rings. The Morgan fingerprint density at radius 2 is 1.84 bits per heavy atom. The molecule has 0 radical (unpaired) electrons. The van der Waals surface area contributed by atoms with Crippen molar-refractivity contribution in [2.24, 2.45) is 13.0 Å². The topological polar surface area (TPSA) is 74.6 Å². The van der Waals surface area contributed by atoms with E-state index < -0.39 is 6.10 Å². The number of pyridine rings is 1. The number of piperidine rings is 1. The van der Waals surface area contributed by atoms with Crippen molar-refractivity contribution in [1.82, 2.24) is 9.47 Å². The molecule has 6 heteroatoms. The van der Waals surface area contributed by atoms with E-state index in [0.29, 0.717) is 13.1 Å². The smallest absolute Gasteiger partial charge is 0.321 e. The zero-order valence-corrected chi connectivity index (χ0v) is 14.3. The number of likely N-dealkylation sites (tertiary alicyclic amines) is 1. The third-order valence-electron chi connectivity index (χ3n) is 4.78. The van der Waals surface area contributed by atoms with E-state index in [1.54, 1.807) is 30.3 Å². The van der Waals surface area contributed by atoms with Gasteiger partial charge in [-0.25, -0.2) is 4.79 Å². The zero-order chi connectivity index (χ0) is 17.8. The molecular formula is C19H23N3O3. The molecule has 3 rings (SSSR count). The first-order valence-corrected chi connectivity index (χ1v) is 8.51. The number of urea groups is 1. The number of aromatic nitrogens is 1. The highest BCUT2D eigenvalue weighted by molar-refractivity contribution is 5.89. The molecule has 0 spiro atoms. The highest BCUT2D eigenvalue weighted by atomic mass is 16.3. The Labute approximate surface area is 146 Å². The minimum atomic E-state index is -0.507. The lowest BCUT2D eigenvalue weighted by Gasteiger charge is -2.34. The Balaban J connectivity index is 1.58.